The highest BCUT2D eigenvalue weighted by Crippen LogP contribution is 2.26. The average molecular weight is 366 g/mol. The summed E-state index contributed by atoms with van der Waals surface area (Å²) in [7, 11) is 0. The maximum Gasteiger partial charge on any atom is 0.264 e. The molecule has 1 aliphatic heterocycles. The highest BCUT2D eigenvalue weighted by Gasteiger charge is 2.24. The van der Waals surface area contributed by atoms with Crippen LogP contribution in [0.2, 0.25) is 0 Å². The molecule has 1 aliphatic rings. The van der Waals surface area contributed by atoms with Gasteiger partial charge in [-0.3, -0.25) is 14.6 Å². The number of carbonyl (C=O) groups is 2. The number of para-hydroxylation sites is 1. The van der Waals surface area contributed by atoms with E-state index in [2.05, 4.69) is 16.0 Å². The summed E-state index contributed by atoms with van der Waals surface area (Å²) in [5.74, 6) is -0.537. The van der Waals surface area contributed by atoms with E-state index >= 15 is 0 Å². The Kier molecular flexibility index (Phi) is 4.30. The molecular weight excluding hydrogens is 348 g/mol. The van der Waals surface area contributed by atoms with Gasteiger partial charge < -0.3 is 15.5 Å². The number of benzene rings is 1. The number of anilines is 1. The Morgan fingerprint density at radius 2 is 1.69 bits per heavy atom. The molecule has 2 aromatic heterocycles. The number of nitrogens with two attached hydrogens (primary N) is 1. The lowest BCUT2D eigenvalue weighted by molar-refractivity contribution is 0.0751. The molecule has 0 unspecified atom stereocenters. The zero-order chi connectivity index (χ0) is 18.1. The quantitative estimate of drug-likeness (QED) is 0.772. The number of thiophene rings is 1. The number of pyridine rings is 1. The van der Waals surface area contributed by atoms with E-state index in [1.807, 2.05) is 35.4 Å². The van der Waals surface area contributed by atoms with Crippen LogP contribution in [-0.2, 0) is 0 Å². The van der Waals surface area contributed by atoms with Crippen molar-refractivity contribution < 1.29 is 9.59 Å². The normalized spacial score (nSPS) is 14.6. The van der Waals surface area contributed by atoms with E-state index in [1.165, 1.54) is 0 Å². The number of rotatable bonds is 3. The molecule has 0 radical (unpaired) electrons. The topological polar surface area (TPSA) is 79.5 Å². The highest BCUT2D eigenvalue weighted by atomic mass is 32.1. The second-order valence-corrected chi connectivity index (χ2v) is 7.24. The van der Waals surface area contributed by atoms with Gasteiger partial charge in [0.2, 0.25) is 0 Å². The molecule has 0 spiro atoms. The van der Waals surface area contributed by atoms with Gasteiger partial charge in [0.25, 0.3) is 11.8 Å². The van der Waals surface area contributed by atoms with Crippen molar-refractivity contribution in [2.75, 3.05) is 31.1 Å². The maximum atomic E-state index is 12.6. The van der Waals surface area contributed by atoms with Crippen LogP contribution < -0.4 is 10.6 Å². The summed E-state index contributed by atoms with van der Waals surface area (Å²) in [4.78, 5) is 33.4. The second kappa shape index (κ2) is 6.76. The fourth-order valence-electron chi connectivity index (χ4n) is 3.25. The minimum atomic E-state index is -0.497. The molecular formula is C19H18N4O2S. The van der Waals surface area contributed by atoms with Crippen LogP contribution in [0.15, 0.2) is 48.7 Å². The lowest BCUT2D eigenvalue weighted by Crippen LogP contribution is -2.48. The third kappa shape index (κ3) is 3.01. The van der Waals surface area contributed by atoms with E-state index in [1.54, 1.807) is 12.1 Å². The van der Waals surface area contributed by atoms with Crippen molar-refractivity contribution in [3.05, 3.63) is 58.4 Å². The third-order valence-electron chi connectivity index (χ3n) is 4.59. The molecule has 3 heterocycles. The summed E-state index contributed by atoms with van der Waals surface area (Å²) >= 11 is 1.15. The fraction of sp³-hybridized carbons (Fsp3) is 0.211. The summed E-state index contributed by atoms with van der Waals surface area (Å²) < 4.78 is 0. The molecule has 0 aliphatic carbocycles. The molecule has 2 N–H and O–H groups in total. The summed E-state index contributed by atoms with van der Waals surface area (Å²) in [6.07, 6.45) is 1.83. The van der Waals surface area contributed by atoms with Crippen LogP contribution >= 0.6 is 11.3 Å². The van der Waals surface area contributed by atoms with Gasteiger partial charge in [0.1, 0.15) is 0 Å². The van der Waals surface area contributed by atoms with Crippen molar-refractivity contribution in [2.45, 2.75) is 0 Å². The number of aromatic nitrogens is 1. The summed E-state index contributed by atoms with van der Waals surface area (Å²) in [6.45, 7) is 2.79. The zero-order valence-electron chi connectivity index (χ0n) is 14.1. The minimum Gasteiger partial charge on any atom is -0.367 e. The number of carbonyl (C=O) groups excluding carboxylic acids is 2. The number of piperazine rings is 1. The molecule has 2 amide bonds. The van der Waals surface area contributed by atoms with Gasteiger partial charge in [0.15, 0.2) is 0 Å². The van der Waals surface area contributed by atoms with E-state index in [4.69, 9.17) is 5.73 Å². The summed E-state index contributed by atoms with van der Waals surface area (Å²) in [6, 6.07) is 13.4. The first kappa shape index (κ1) is 16.5. The van der Waals surface area contributed by atoms with Crippen LogP contribution in [0.1, 0.15) is 19.3 Å². The van der Waals surface area contributed by atoms with Gasteiger partial charge in [-0.2, -0.15) is 0 Å². The second-order valence-electron chi connectivity index (χ2n) is 6.15. The number of hydrogen-bond acceptors (Lipinski definition) is 5. The van der Waals surface area contributed by atoms with Crippen LogP contribution in [0.4, 0.5) is 5.69 Å². The predicted molar refractivity (Wildman–Crippen MR) is 103 cm³/mol. The van der Waals surface area contributed by atoms with Crippen LogP contribution in [0.5, 0.6) is 0 Å². The largest absolute Gasteiger partial charge is 0.367 e. The van der Waals surface area contributed by atoms with E-state index < -0.39 is 5.91 Å². The number of hydrogen-bond donors (Lipinski definition) is 1. The Morgan fingerprint density at radius 1 is 0.962 bits per heavy atom. The van der Waals surface area contributed by atoms with Gasteiger partial charge >= 0.3 is 0 Å². The van der Waals surface area contributed by atoms with Gasteiger partial charge in [-0.15, -0.1) is 11.3 Å². The lowest BCUT2D eigenvalue weighted by Gasteiger charge is -2.36. The molecule has 1 fully saturated rings. The highest BCUT2D eigenvalue weighted by molar-refractivity contribution is 7.15. The monoisotopic (exact) mass is 366 g/mol. The van der Waals surface area contributed by atoms with E-state index in [9.17, 15) is 9.59 Å². The van der Waals surface area contributed by atoms with Crippen molar-refractivity contribution in [1.82, 2.24) is 9.88 Å². The standard InChI is InChI=1S/C19H18N4O2S/c20-18(24)16-5-6-17(26-16)19(25)23-11-9-22(10-12-23)15-7-8-21-14-4-2-1-3-13(14)15/h1-8H,9-12H2,(H2,20,24). The Hall–Kier alpha value is -2.93. The summed E-state index contributed by atoms with van der Waals surface area (Å²) in [5, 5.41) is 1.12. The summed E-state index contributed by atoms with van der Waals surface area (Å²) in [5.41, 5.74) is 7.39. The maximum absolute atomic E-state index is 12.6. The first-order chi connectivity index (χ1) is 12.6. The third-order valence-corrected chi connectivity index (χ3v) is 5.68. The van der Waals surface area contributed by atoms with Crippen LogP contribution in [0, 0.1) is 0 Å². The molecule has 4 rings (SSSR count). The Labute approximate surface area is 154 Å². The number of primary amides is 1. The van der Waals surface area contributed by atoms with Crippen molar-refractivity contribution in [2.24, 2.45) is 5.73 Å². The first-order valence-corrected chi connectivity index (χ1v) is 9.23. The predicted octanol–water partition coefficient (Wildman–Crippen LogP) is 2.36. The Morgan fingerprint density at radius 3 is 2.42 bits per heavy atom. The van der Waals surface area contributed by atoms with Crippen LogP contribution in [0.3, 0.4) is 0 Å². The van der Waals surface area contributed by atoms with Gasteiger partial charge in [-0.05, 0) is 24.3 Å². The molecule has 1 saturated heterocycles. The minimum absolute atomic E-state index is 0.0401. The lowest BCUT2D eigenvalue weighted by atomic mass is 10.1. The van der Waals surface area contributed by atoms with Crippen molar-refractivity contribution in [3.63, 3.8) is 0 Å². The fourth-order valence-corrected chi connectivity index (χ4v) is 4.07. The number of amides is 2. The molecule has 1 aromatic carbocycles. The van der Waals surface area contributed by atoms with Gasteiger partial charge in [0, 0.05) is 43.4 Å². The molecule has 0 atom stereocenters. The van der Waals surface area contributed by atoms with Gasteiger partial charge in [-0.1, -0.05) is 18.2 Å². The molecule has 0 bridgehead atoms. The van der Waals surface area contributed by atoms with Gasteiger partial charge in [0.05, 0.1) is 15.3 Å². The molecule has 6 nitrogen and oxygen atoms in total. The van der Waals surface area contributed by atoms with E-state index in [-0.39, 0.29) is 5.91 Å². The van der Waals surface area contributed by atoms with Gasteiger partial charge in [-0.25, -0.2) is 0 Å². The molecule has 0 saturated carbocycles. The van der Waals surface area contributed by atoms with Crippen LogP contribution in [-0.4, -0.2) is 47.9 Å². The van der Waals surface area contributed by atoms with Crippen molar-refractivity contribution >= 4 is 39.7 Å². The Balaban J connectivity index is 1.48. The molecule has 26 heavy (non-hydrogen) atoms. The first-order valence-electron chi connectivity index (χ1n) is 8.41. The van der Waals surface area contributed by atoms with E-state index in [0.717, 1.165) is 41.0 Å². The molecule has 3 aromatic rings. The number of fused-ring (bicyclic) bond motifs is 1. The molecule has 7 heteroatoms. The number of nitrogens with zero attached hydrogens (tertiary/aromatic N) is 3. The zero-order valence-corrected chi connectivity index (χ0v) is 14.9. The van der Waals surface area contributed by atoms with E-state index in [0.29, 0.717) is 22.8 Å². The van der Waals surface area contributed by atoms with Crippen molar-refractivity contribution in [3.8, 4) is 0 Å². The van der Waals surface area contributed by atoms with Crippen LogP contribution in [0.25, 0.3) is 10.9 Å². The SMILES string of the molecule is NC(=O)c1ccc(C(=O)N2CCN(c3ccnc4ccccc34)CC2)s1. The van der Waals surface area contributed by atoms with Crippen molar-refractivity contribution in [1.29, 1.82) is 0 Å². The Bertz CT molecular complexity index is 971. The average Bonchev–Trinajstić information content (AvgIpc) is 3.18. The molecule has 132 valence electrons. The smallest absolute Gasteiger partial charge is 0.264 e.